The Balaban J connectivity index is 2.60. The molecule has 118 valence electrons. The molecule has 0 aliphatic rings. The Morgan fingerprint density at radius 1 is 1.32 bits per heavy atom. The number of aliphatic carboxylic acids is 1. The fraction of sp³-hybridized carbons (Fsp3) is 0.467. The first kappa shape index (κ1) is 15.9. The molecule has 0 fully saturated rings. The molecule has 1 amide bonds. The summed E-state index contributed by atoms with van der Waals surface area (Å²) in [7, 11) is 1.46. The number of aryl methyl sites for hydroxylation is 1. The average molecular weight is 305 g/mol. The van der Waals surface area contributed by atoms with Crippen LogP contribution in [0, 0.1) is 6.92 Å². The van der Waals surface area contributed by atoms with Gasteiger partial charge in [-0.25, -0.2) is 9.78 Å². The van der Waals surface area contributed by atoms with Crippen molar-refractivity contribution in [2.45, 2.75) is 39.7 Å². The molecule has 22 heavy (non-hydrogen) atoms. The molecule has 0 saturated carbocycles. The second kappa shape index (κ2) is 5.75. The smallest absolute Gasteiger partial charge is 0.326 e. The van der Waals surface area contributed by atoms with Crippen molar-refractivity contribution in [3.8, 4) is 0 Å². The number of carboxylic acid groups (broad SMARTS) is 1. The van der Waals surface area contributed by atoms with Gasteiger partial charge in [0.25, 0.3) is 11.6 Å². The Bertz CT molecular complexity index is 736. The van der Waals surface area contributed by atoms with Gasteiger partial charge in [-0.1, -0.05) is 19.0 Å². The molecule has 0 aromatic carbocycles. The Kier molecular flexibility index (Phi) is 4.16. The van der Waals surface area contributed by atoms with E-state index in [0.717, 1.165) is 0 Å². The molecule has 1 N–H and O–H groups in total. The summed E-state index contributed by atoms with van der Waals surface area (Å²) in [5.41, 5.74) is 1.91. The number of nitrogens with zero attached hydrogens (tertiary/aromatic N) is 3. The molecular weight excluding hydrogens is 286 g/mol. The van der Waals surface area contributed by atoms with Crippen molar-refractivity contribution in [2.75, 3.05) is 7.05 Å². The van der Waals surface area contributed by atoms with Gasteiger partial charge in [0.1, 0.15) is 6.04 Å². The van der Waals surface area contributed by atoms with Gasteiger partial charge in [-0.2, -0.15) is 0 Å². The van der Waals surface area contributed by atoms with E-state index in [1.54, 1.807) is 13.0 Å². The van der Waals surface area contributed by atoms with Gasteiger partial charge in [0.15, 0.2) is 0 Å². The van der Waals surface area contributed by atoms with Crippen molar-refractivity contribution in [3.63, 3.8) is 0 Å². The van der Waals surface area contributed by atoms with Crippen molar-refractivity contribution in [1.29, 1.82) is 0 Å². The van der Waals surface area contributed by atoms with E-state index >= 15 is 0 Å². The van der Waals surface area contributed by atoms with Gasteiger partial charge in [0.05, 0.1) is 16.6 Å². The highest BCUT2D eigenvalue weighted by Gasteiger charge is 2.27. The van der Waals surface area contributed by atoms with Gasteiger partial charge in [0, 0.05) is 12.7 Å². The number of carboxylic acids is 1. The largest absolute Gasteiger partial charge is 0.480 e. The van der Waals surface area contributed by atoms with Gasteiger partial charge in [-0.15, -0.1) is 0 Å². The lowest BCUT2D eigenvalue weighted by Gasteiger charge is -2.22. The van der Waals surface area contributed by atoms with Gasteiger partial charge in [-0.05, 0) is 25.8 Å². The minimum atomic E-state index is -1.06. The van der Waals surface area contributed by atoms with Crippen LogP contribution in [0.25, 0.3) is 11.1 Å². The van der Waals surface area contributed by atoms with Crippen LogP contribution in [0.2, 0.25) is 0 Å². The molecule has 2 aromatic rings. The SMILES string of the molecule is Cc1noc2nc(C(C)C)cc(C(=O)N(C)C(C)C(=O)O)c12. The zero-order valence-corrected chi connectivity index (χ0v) is 13.2. The zero-order chi connectivity index (χ0) is 16.6. The molecule has 0 bridgehead atoms. The van der Waals surface area contributed by atoms with Crippen LogP contribution < -0.4 is 0 Å². The minimum Gasteiger partial charge on any atom is -0.480 e. The van der Waals surface area contributed by atoms with Crippen molar-refractivity contribution >= 4 is 23.0 Å². The highest BCUT2D eigenvalue weighted by atomic mass is 16.5. The zero-order valence-electron chi connectivity index (χ0n) is 13.2. The van der Waals surface area contributed by atoms with Crippen LogP contribution in [-0.4, -0.2) is 45.1 Å². The highest BCUT2D eigenvalue weighted by molar-refractivity contribution is 6.06. The second-order valence-electron chi connectivity index (χ2n) is 5.63. The highest BCUT2D eigenvalue weighted by Crippen LogP contribution is 2.26. The maximum absolute atomic E-state index is 12.7. The van der Waals surface area contributed by atoms with Crippen molar-refractivity contribution in [2.24, 2.45) is 0 Å². The maximum atomic E-state index is 12.7. The van der Waals surface area contributed by atoms with Gasteiger partial charge in [0.2, 0.25) is 0 Å². The molecule has 0 spiro atoms. The fourth-order valence-electron chi connectivity index (χ4n) is 2.11. The quantitative estimate of drug-likeness (QED) is 0.930. The van der Waals surface area contributed by atoms with Crippen molar-refractivity contribution < 1.29 is 19.2 Å². The summed E-state index contributed by atoms with van der Waals surface area (Å²) in [4.78, 5) is 29.3. The fourth-order valence-corrected chi connectivity index (χ4v) is 2.11. The van der Waals surface area contributed by atoms with Gasteiger partial charge in [-0.3, -0.25) is 4.79 Å². The topological polar surface area (TPSA) is 96.5 Å². The van der Waals surface area contributed by atoms with Crippen LogP contribution in [-0.2, 0) is 4.79 Å². The lowest BCUT2D eigenvalue weighted by molar-refractivity contribution is -0.141. The van der Waals surface area contributed by atoms with Gasteiger partial charge < -0.3 is 14.5 Å². The van der Waals surface area contributed by atoms with E-state index in [-0.39, 0.29) is 5.92 Å². The monoisotopic (exact) mass is 305 g/mol. The Morgan fingerprint density at radius 2 is 1.95 bits per heavy atom. The number of pyridine rings is 1. The molecule has 0 aliphatic carbocycles. The summed E-state index contributed by atoms with van der Waals surface area (Å²) in [6.45, 7) is 7.09. The number of hydrogen-bond acceptors (Lipinski definition) is 5. The van der Waals surface area contributed by atoms with E-state index in [1.165, 1.54) is 18.9 Å². The Labute approximate surface area is 127 Å². The number of likely N-dealkylation sites (N-methyl/N-ethyl adjacent to an activating group) is 1. The lowest BCUT2D eigenvalue weighted by Crippen LogP contribution is -2.40. The summed E-state index contributed by atoms with van der Waals surface area (Å²) in [5, 5.41) is 13.5. The predicted molar refractivity (Wildman–Crippen MR) is 79.8 cm³/mol. The molecular formula is C15H19N3O4. The van der Waals surface area contributed by atoms with Crippen LogP contribution in [0.5, 0.6) is 0 Å². The summed E-state index contributed by atoms with van der Waals surface area (Å²) in [6.07, 6.45) is 0. The Hall–Kier alpha value is -2.44. The molecule has 0 radical (unpaired) electrons. The molecule has 0 aliphatic heterocycles. The number of amides is 1. The molecule has 2 heterocycles. The summed E-state index contributed by atoms with van der Waals surface area (Å²) >= 11 is 0. The number of carbonyl (C=O) groups is 2. The maximum Gasteiger partial charge on any atom is 0.326 e. The molecule has 0 saturated heterocycles. The van der Waals surface area contributed by atoms with E-state index in [4.69, 9.17) is 9.63 Å². The van der Waals surface area contributed by atoms with Crippen LogP contribution in [0.3, 0.4) is 0 Å². The van der Waals surface area contributed by atoms with Crippen molar-refractivity contribution in [1.82, 2.24) is 15.0 Å². The number of carbonyl (C=O) groups excluding carboxylic acids is 1. The summed E-state index contributed by atoms with van der Waals surface area (Å²) in [5.74, 6) is -1.36. The Morgan fingerprint density at radius 3 is 2.50 bits per heavy atom. The van der Waals surface area contributed by atoms with E-state index in [1.807, 2.05) is 13.8 Å². The van der Waals surface area contributed by atoms with Gasteiger partial charge >= 0.3 is 5.97 Å². The predicted octanol–water partition coefficient (Wildman–Crippen LogP) is 2.20. The molecule has 1 unspecified atom stereocenters. The summed E-state index contributed by atoms with van der Waals surface area (Å²) in [6, 6.07) is 0.753. The van der Waals surface area contributed by atoms with E-state index < -0.39 is 17.9 Å². The van der Waals surface area contributed by atoms with E-state index in [2.05, 4.69) is 10.1 Å². The molecule has 7 nitrogen and oxygen atoms in total. The standard InChI is InChI=1S/C15H19N3O4/c1-7(2)11-6-10(12-8(3)17-22-13(12)16-11)14(19)18(5)9(4)15(20)21/h6-7,9H,1-5H3,(H,20,21). The van der Waals surface area contributed by atoms with Crippen LogP contribution in [0.15, 0.2) is 10.6 Å². The molecule has 1 atom stereocenters. The second-order valence-corrected chi connectivity index (χ2v) is 5.63. The number of hydrogen-bond donors (Lipinski definition) is 1. The number of fused-ring (bicyclic) bond motifs is 1. The van der Waals surface area contributed by atoms with E-state index in [0.29, 0.717) is 28.1 Å². The van der Waals surface area contributed by atoms with Crippen LogP contribution in [0.1, 0.15) is 48.4 Å². The normalized spacial score (nSPS) is 12.6. The third-order valence-electron chi connectivity index (χ3n) is 3.72. The van der Waals surface area contributed by atoms with Crippen LogP contribution >= 0.6 is 0 Å². The average Bonchev–Trinajstić information content (AvgIpc) is 2.85. The minimum absolute atomic E-state index is 0.101. The number of rotatable bonds is 4. The molecule has 2 rings (SSSR count). The first-order valence-electron chi connectivity index (χ1n) is 7.01. The first-order chi connectivity index (χ1) is 10.2. The third-order valence-corrected chi connectivity index (χ3v) is 3.72. The molecule has 2 aromatic heterocycles. The first-order valence-corrected chi connectivity index (χ1v) is 7.01. The van der Waals surface area contributed by atoms with Crippen LogP contribution in [0.4, 0.5) is 0 Å². The number of aromatic nitrogens is 2. The molecule has 7 heteroatoms. The summed E-state index contributed by atoms with van der Waals surface area (Å²) < 4.78 is 5.17. The van der Waals surface area contributed by atoms with E-state index in [9.17, 15) is 9.59 Å². The lowest BCUT2D eigenvalue weighted by atomic mass is 10.0. The third kappa shape index (κ3) is 2.66. The van der Waals surface area contributed by atoms with Crippen molar-refractivity contribution in [3.05, 3.63) is 23.0 Å².